The first kappa shape index (κ1) is 26.0. The van der Waals surface area contributed by atoms with Crippen molar-refractivity contribution >= 4 is 52.4 Å². The van der Waals surface area contributed by atoms with Crippen molar-refractivity contribution in [2.75, 3.05) is 16.8 Å². The summed E-state index contributed by atoms with van der Waals surface area (Å²) in [6.07, 6.45) is 0. The smallest absolute Gasteiger partial charge is 0.343 e. The Morgan fingerprint density at radius 1 is 0.921 bits per heavy atom. The molecule has 12 heteroatoms. The van der Waals surface area contributed by atoms with Crippen LogP contribution in [0.25, 0.3) is 0 Å². The van der Waals surface area contributed by atoms with Crippen molar-refractivity contribution in [2.24, 2.45) is 0 Å². The lowest BCUT2D eigenvalue weighted by molar-refractivity contribution is -0.385. The van der Waals surface area contributed by atoms with E-state index >= 15 is 0 Å². The third-order valence-corrected chi connectivity index (χ3v) is 5.67. The van der Waals surface area contributed by atoms with Crippen molar-refractivity contribution < 1.29 is 33.6 Å². The molecule has 38 heavy (non-hydrogen) atoms. The summed E-state index contributed by atoms with van der Waals surface area (Å²) in [6.45, 7) is 1.88. The number of nitrogens with zero attached hydrogens (tertiary/aromatic N) is 2. The van der Waals surface area contributed by atoms with Gasteiger partial charge in [-0.3, -0.25) is 19.7 Å². The number of para-hydroxylation sites is 2. The number of esters is 2. The fraction of sp³-hybridized carbons (Fsp3) is 0.0769. The third kappa shape index (κ3) is 5.22. The lowest BCUT2D eigenvalue weighted by Crippen LogP contribution is -2.32. The van der Waals surface area contributed by atoms with Crippen molar-refractivity contribution in [3.05, 3.63) is 105 Å². The number of anilines is 2. The summed E-state index contributed by atoms with van der Waals surface area (Å²) in [4.78, 5) is 61.3. The molecule has 0 bridgehead atoms. The number of hydrogen-bond donors (Lipinski definition) is 1. The molecule has 11 nitrogen and oxygen atoms in total. The first-order valence-electron chi connectivity index (χ1n) is 11.1. The molecule has 192 valence electrons. The fourth-order valence-corrected chi connectivity index (χ4v) is 3.71. The molecule has 1 aliphatic heterocycles. The Balaban J connectivity index is 1.46. The van der Waals surface area contributed by atoms with Crippen molar-refractivity contribution in [1.29, 1.82) is 0 Å². The monoisotopic (exact) mass is 535 g/mol. The predicted molar refractivity (Wildman–Crippen MR) is 136 cm³/mol. The summed E-state index contributed by atoms with van der Waals surface area (Å²) in [5.41, 5.74) is 0.349. The molecule has 1 aliphatic rings. The van der Waals surface area contributed by atoms with Crippen LogP contribution in [0.5, 0.6) is 5.75 Å². The summed E-state index contributed by atoms with van der Waals surface area (Å²) >= 11 is 6.16. The second kappa shape index (κ2) is 10.9. The van der Waals surface area contributed by atoms with Gasteiger partial charge in [0, 0.05) is 11.8 Å². The third-order valence-electron chi connectivity index (χ3n) is 5.32. The van der Waals surface area contributed by atoms with Gasteiger partial charge in [0.25, 0.3) is 11.8 Å². The number of rotatable bonds is 8. The molecule has 0 unspecified atom stereocenters. The van der Waals surface area contributed by atoms with Crippen LogP contribution in [0.1, 0.15) is 27.6 Å². The van der Waals surface area contributed by atoms with Crippen LogP contribution in [-0.4, -0.2) is 35.3 Å². The molecule has 0 fully saturated rings. The van der Waals surface area contributed by atoms with Gasteiger partial charge in [-0.1, -0.05) is 23.7 Å². The minimum absolute atomic E-state index is 0.0888. The number of carbonyl (C=O) groups is 4. The van der Waals surface area contributed by atoms with Crippen LogP contribution in [-0.2, 0) is 14.3 Å². The van der Waals surface area contributed by atoms with E-state index in [9.17, 15) is 29.3 Å². The number of benzene rings is 3. The van der Waals surface area contributed by atoms with Crippen molar-refractivity contribution in [3.8, 4) is 5.75 Å². The highest BCUT2D eigenvalue weighted by Crippen LogP contribution is 2.31. The molecule has 0 aromatic heterocycles. The predicted octanol–water partition coefficient (Wildman–Crippen LogP) is 4.43. The van der Waals surface area contributed by atoms with Crippen LogP contribution in [0, 0.1) is 10.1 Å². The Morgan fingerprint density at radius 3 is 2.16 bits per heavy atom. The van der Waals surface area contributed by atoms with Gasteiger partial charge in [-0.15, -0.1) is 0 Å². The molecule has 0 radical (unpaired) electrons. The Morgan fingerprint density at radius 2 is 1.53 bits per heavy atom. The summed E-state index contributed by atoms with van der Waals surface area (Å²) in [5.74, 6) is -3.04. The van der Waals surface area contributed by atoms with Gasteiger partial charge in [0.2, 0.25) is 5.75 Å². The molecule has 2 amide bonds. The number of halogens is 1. The van der Waals surface area contributed by atoms with Gasteiger partial charge >= 0.3 is 17.6 Å². The molecule has 3 aromatic carbocycles. The number of imide groups is 1. The van der Waals surface area contributed by atoms with Crippen LogP contribution in [0.4, 0.5) is 17.1 Å². The van der Waals surface area contributed by atoms with E-state index in [1.807, 2.05) is 0 Å². The van der Waals surface area contributed by atoms with Gasteiger partial charge < -0.3 is 14.8 Å². The second-order valence-corrected chi connectivity index (χ2v) is 8.10. The molecule has 0 spiro atoms. The summed E-state index contributed by atoms with van der Waals surface area (Å²) in [6, 6.07) is 16.8. The van der Waals surface area contributed by atoms with Crippen LogP contribution < -0.4 is 15.0 Å². The first-order valence-corrected chi connectivity index (χ1v) is 11.5. The van der Waals surface area contributed by atoms with E-state index in [4.69, 9.17) is 21.1 Å². The van der Waals surface area contributed by atoms with Crippen LogP contribution in [0.2, 0.25) is 0 Å². The first-order chi connectivity index (χ1) is 18.2. The van der Waals surface area contributed by atoms with Gasteiger partial charge in [-0.05, 0) is 61.5 Å². The zero-order chi connectivity index (χ0) is 27.4. The zero-order valence-electron chi connectivity index (χ0n) is 19.7. The van der Waals surface area contributed by atoms with Gasteiger partial charge in [0.15, 0.2) is 0 Å². The number of nitro benzene ring substituents is 1. The lowest BCUT2D eigenvalue weighted by Gasteiger charge is -2.15. The molecule has 1 N–H and O–H groups in total. The normalized spacial score (nSPS) is 12.9. The molecule has 0 aliphatic carbocycles. The molecule has 4 rings (SSSR count). The molecule has 0 saturated heterocycles. The maximum absolute atomic E-state index is 13.0. The van der Waals surface area contributed by atoms with E-state index in [1.165, 1.54) is 72.8 Å². The van der Waals surface area contributed by atoms with E-state index in [2.05, 4.69) is 5.32 Å². The average molecular weight is 536 g/mol. The quantitative estimate of drug-likeness (QED) is 0.145. The average Bonchev–Trinajstić information content (AvgIpc) is 3.12. The second-order valence-electron chi connectivity index (χ2n) is 7.72. The fourth-order valence-electron chi connectivity index (χ4n) is 3.49. The molecule has 3 aromatic rings. The van der Waals surface area contributed by atoms with Crippen LogP contribution >= 0.6 is 11.6 Å². The van der Waals surface area contributed by atoms with E-state index in [0.717, 1.165) is 4.90 Å². The molecule has 1 heterocycles. The Hall–Kier alpha value is -5.03. The van der Waals surface area contributed by atoms with Crippen molar-refractivity contribution in [2.45, 2.75) is 6.92 Å². The highest BCUT2D eigenvalue weighted by Gasteiger charge is 2.39. The van der Waals surface area contributed by atoms with Gasteiger partial charge in [0.1, 0.15) is 10.7 Å². The van der Waals surface area contributed by atoms with E-state index in [1.54, 1.807) is 6.92 Å². The number of nitrogens with one attached hydrogen (secondary N) is 1. The SMILES string of the molecule is CCOC(=O)c1ccc(N2C(=O)C(Cl)=C(Nc3ccc(C(=O)Oc4ccccc4[N+](=O)[O-])cc3)C2=O)cc1. The number of hydrogen-bond acceptors (Lipinski definition) is 9. The standard InChI is InChI=1S/C26H18ClN3O8/c1-2-37-25(33)15-9-13-18(14-10-15)29-23(31)21(27)22(24(29)32)28-17-11-7-16(8-12-17)26(34)38-20-6-4-3-5-19(20)30(35)36/h3-14,28H,2H2,1H3. The van der Waals surface area contributed by atoms with E-state index < -0.39 is 28.7 Å². The maximum atomic E-state index is 13.0. The van der Waals surface area contributed by atoms with Crippen LogP contribution in [0.3, 0.4) is 0 Å². The Labute approximate surface area is 220 Å². The van der Waals surface area contributed by atoms with E-state index in [-0.39, 0.29) is 45.6 Å². The number of carbonyl (C=O) groups excluding carboxylic acids is 4. The summed E-state index contributed by atoms with van der Waals surface area (Å²) < 4.78 is 10.1. The Kier molecular flexibility index (Phi) is 7.49. The maximum Gasteiger partial charge on any atom is 0.343 e. The van der Waals surface area contributed by atoms with Gasteiger partial charge in [0.05, 0.1) is 28.3 Å². The minimum Gasteiger partial charge on any atom is -0.462 e. The van der Waals surface area contributed by atoms with Crippen LogP contribution in [0.15, 0.2) is 83.5 Å². The van der Waals surface area contributed by atoms with E-state index in [0.29, 0.717) is 5.69 Å². The van der Waals surface area contributed by atoms with Crippen molar-refractivity contribution in [3.63, 3.8) is 0 Å². The summed E-state index contributed by atoms with van der Waals surface area (Å²) in [5, 5.41) is 13.6. The van der Waals surface area contributed by atoms with Gasteiger partial charge in [-0.2, -0.15) is 0 Å². The minimum atomic E-state index is -0.826. The highest BCUT2D eigenvalue weighted by atomic mass is 35.5. The topological polar surface area (TPSA) is 145 Å². The molecule has 0 atom stereocenters. The number of nitro groups is 1. The largest absolute Gasteiger partial charge is 0.462 e. The number of amides is 2. The summed E-state index contributed by atoms with van der Waals surface area (Å²) in [7, 11) is 0. The van der Waals surface area contributed by atoms with Gasteiger partial charge in [-0.25, -0.2) is 14.5 Å². The van der Waals surface area contributed by atoms with Crippen molar-refractivity contribution in [1.82, 2.24) is 0 Å². The Bertz CT molecular complexity index is 1480. The molecular formula is C26H18ClN3O8. The molecule has 0 saturated carbocycles. The molecular weight excluding hydrogens is 518 g/mol. The zero-order valence-corrected chi connectivity index (χ0v) is 20.4. The number of ether oxygens (including phenoxy) is 2. The lowest BCUT2D eigenvalue weighted by atomic mass is 10.2. The highest BCUT2D eigenvalue weighted by molar-refractivity contribution is 6.53.